The number of rotatable bonds is 4. The Labute approximate surface area is 104 Å². The van der Waals surface area contributed by atoms with Crippen LogP contribution in [0.5, 0.6) is 11.5 Å². The van der Waals surface area contributed by atoms with E-state index >= 15 is 0 Å². The monoisotopic (exact) mass is 285 g/mol. The van der Waals surface area contributed by atoms with E-state index in [1.165, 1.54) is 0 Å². The molecule has 2 N–H and O–H groups in total. The van der Waals surface area contributed by atoms with E-state index in [-0.39, 0.29) is 0 Å². The van der Waals surface area contributed by atoms with Crippen molar-refractivity contribution in [3.8, 4) is 11.5 Å². The minimum Gasteiger partial charge on any atom is -0.493 e. The summed E-state index contributed by atoms with van der Waals surface area (Å²) in [5.41, 5.74) is 7.49. The van der Waals surface area contributed by atoms with Gasteiger partial charge in [0.25, 0.3) is 0 Å². The second kappa shape index (κ2) is 5.92. The van der Waals surface area contributed by atoms with Gasteiger partial charge in [0.15, 0.2) is 11.5 Å². The first-order valence-corrected chi connectivity index (χ1v) is 5.72. The molecule has 0 fully saturated rings. The highest BCUT2D eigenvalue weighted by atomic mass is 79.9. The van der Waals surface area contributed by atoms with Crippen LogP contribution in [0, 0.1) is 6.92 Å². The van der Waals surface area contributed by atoms with Crippen molar-refractivity contribution in [1.82, 2.24) is 0 Å². The van der Waals surface area contributed by atoms with Gasteiger partial charge < -0.3 is 15.2 Å². The third kappa shape index (κ3) is 2.57. The van der Waals surface area contributed by atoms with Crippen LogP contribution >= 0.6 is 15.9 Å². The summed E-state index contributed by atoms with van der Waals surface area (Å²) in [6, 6.07) is 1.93. The number of nitrogens with two attached hydrogens (primary N) is 1. The van der Waals surface area contributed by atoms with Crippen molar-refractivity contribution in [3.63, 3.8) is 0 Å². The first kappa shape index (κ1) is 13.1. The van der Waals surface area contributed by atoms with Crippen LogP contribution in [-0.2, 0) is 0 Å². The van der Waals surface area contributed by atoms with Crippen molar-refractivity contribution < 1.29 is 9.47 Å². The molecule has 0 heterocycles. The molecule has 0 bridgehead atoms. The van der Waals surface area contributed by atoms with Gasteiger partial charge in [0.2, 0.25) is 0 Å². The van der Waals surface area contributed by atoms with Gasteiger partial charge in [-0.05, 0) is 34.5 Å². The normalized spacial score (nSPS) is 10.8. The lowest BCUT2D eigenvalue weighted by atomic mass is 10.1. The molecule has 0 saturated carbocycles. The second-order valence-corrected chi connectivity index (χ2v) is 4.09. The fraction of sp³-hybridized carbons (Fsp3) is 0.333. The van der Waals surface area contributed by atoms with Crippen molar-refractivity contribution >= 4 is 22.0 Å². The maximum atomic E-state index is 5.45. The molecule has 0 aliphatic rings. The Kier molecular flexibility index (Phi) is 4.83. The molecular formula is C12H16BrNO2. The van der Waals surface area contributed by atoms with E-state index in [0.717, 1.165) is 21.3 Å². The van der Waals surface area contributed by atoms with Gasteiger partial charge in [-0.25, -0.2) is 0 Å². The average molecular weight is 286 g/mol. The maximum Gasteiger partial charge on any atom is 0.169 e. The SMILES string of the molecule is COc1cc(C)c(Br)c(/C=C/CN)c1OC. The molecule has 0 unspecified atom stereocenters. The van der Waals surface area contributed by atoms with E-state index in [0.29, 0.717) is 12.3 Å². The predicted molar refractivity (Wildman–Crippen MR) is 70.1 cm³/mol. The zero-order valence-electron chi connectivity index (χ0n) is 9.71. The van der Waals surface area contributed by atoms with Crippen molar-refractivity contribution in [2.45, 2.75) is 6.92 Å². The largest absolute Gasteiger partial charge is 0.493 e. The Morgan fingerprint density at radius 2 is 2.06 bits per heavy atom. The summed E-state index contributed by atoms with van der Waals surface area (Å²) in [5.74, 6) is 1.43. The minimum absolute atomic E-state index is 0.492. The van der Waals surface area contributed by atoms with Gasteiger partial charge in [-0.2, -0.15) is 0 Å². The molecule has 3 nitrogen and oxygen atoms in total. The van der Waals surface area contributed by atoms with Crippen LogP contribution < -0.4 is 15.2 Å². The fourth-order valence-corrected chi connectivity index (χ4v) is 1.89. The van der Waals surface area contributed by atoms with Crippen molar-refractivity contribution in [1.29, 1.82) is 0 Å². The zero-order valence-corrected chi connectivity index (χ0v) is 11.3. The van der Waals surface area contributed by atoms with Gasteiger partial charge in [-0.1, -0.05) is 12.2 Å². The summed E-state index contributed by atoms with van der Waals surface area (Å²) in [6.45, 7) is 2.50. The topological polar surface area (TPSA) is 44.5 Å². The molecule has 0 aromatic heterocycles. The number of ether oxygens (including phenoxy) is 2. The van der Waals surface area contributed by atoms with Crippen LogP contribution in [0.4, 0.5) is 0 Å². The molecule has 0 atom stereocenters. The summed E-state index contributed by atoms with van der Waals surface area (Å²) in [5, 5.41) is 0. The smallest absolute Gasteiger partial charge is 0.169 e. The molecule has 0 radical (unpaired) electrons. The molecule has 0 amide bonds. The second-order valence-electron chi connectivity index (χ2n) is 3.29. The highest BCUT2D eigenvalue weighted by molar-refractivity contribution is 9.10. The molecule has 1 rings (SSSR count). The zero-order chi connectivity index (χ0) is 12.1. The van der Waals surface area contributed by atoms with Gasteiger partial charge >= 0.3 is 0 Å². The summed E-state index contributed by atoms with van der Waals surface area (Å²) in [4.78, 5) is 0. The third-order valence-electron chi connectivity index (χ3n) is 2.24. The standard InChI is InChI=1S/C12H16BrNO2/c1-8-7-10(15-2)12(16-3)9(11(8)13)5-4-6-14/h4-5,7H,6,14H2,1-3H3/b5-4+. The fourth-order valence-electron chi connectivity index (χ4n) is 1.47. The number of halogens is 1. The first-order chi connectivity index (χ1) is 7.65. The lowest BCUT2D eigenvalue weighted by Crippen LogP contribution is -1.97. The molecule has 0 aliphatic heterocycles. The van der Waals surface area contributed by atoms with Crippen LogP contribution in [0.3, 0.4) is 0 Å². The van der Waals surface area contributed by atoms with Gasteiger partial charge in [0.05, 0.1) is 14.2 Å². The predicted octanol–water partition coefficient (Wildman–Crippen LogP) is 2.75. The van der Waals surface area contributed by atoms with Crippen molar-refractivity contribution in [3.05, 3.63) is 27.7 Å². The lowest BCUT2D eigenvalue weighted by molar-refractivity contribution is 0.354. The van der Waals surface area contributed by atoms with Crippen molar-refractivity contribution in [2.75, 3.05) is 20.8 Å². The van der Waals surface area contributed by atoms with Gasteiger partial charge in [-0.3, -0.25) is 0 Å². The van der Waals surface area contributed by atoms with Crippen LogP contribution in [0.2, 0.25) is 0 Å². The van der Waals surface area contributed by atoms with Crippen LogP contribution in [0.25, 0.3) is 6.08 Å². The number of aryl methyl sites for hydroxylation is 1. The van der Waals surface area contributed by atoms with Crippen molar-refractivity contribution in [2.24, 2.45) is 5.73 Å². The molecular weight excluding hydrogens is 270 g/mol. The Morgan fingerprint density at radius 1 is 1.38 bits per heavy atom. The van der Waals surface area contributed by atoms with Crippen LogP contribution in [0.15, 0.2) is 16.6 Å². The molecule has 0 spiro atoms. The molecule has 0 aliphatic carbocycles. The summed E-state index contributed by atoms with van der Waals surface area (Å²) < 4.78 is 11.6. The molecule has 1 aromatic carbocycles. The maximum absolute atomic E-state index is 5.45. The van der Waals surface area contributed by atoms with Gasteiger partial charge in [0.1, 0.15) is 0 Å². The Morgan fingerprint density at radius 3 is 2.56 bits per heavy atom. The number of hydrogen-bond donors (Lipinski definition) is 1. The van der Waals surface area contributed by atoms with E-state index < -0.39 is 0 Å². The Hall–Kier alpha value is -1.00. The molecule has 4 heteroatoms. The Bertz CT molecular complexity index is 402. The number of benzene rings is 1. The quantitative estimate of drug-likeness (QED) is 0.925. The minimum atomic E-state index is 0.492. The number of hydrogen-bond acceptors (Lipinski definition) is 3. The van der Waals surface area contributed by atoms with E-state index in [1.807, 2.05) is 25.1 Å². The molecule has 1 aromatic rings. The lowest BCUT2D eigenvalue weighted by Gasteiger charge is -2.14. The van der Waals surface area contributed by atoms with E-state index in [2.05, 4.69) is 15.9 Å². The Balaban J connectivity index is 3.40. The van der Waals surface area contributed by atoms with E-state index in [4.69, 9.17) is 15.2 Å². The third-order valence-corrected chi connectivity index (χ3v) is 3.30. The molecule has 0 saturated heterocycles. The van der Waals surface area contributed by atoms with Crippen LogP contribution in [0.1, 0.15) is 11.1 Å². The van der Waals surface area contributed by atoms with E-state index in [1.54, 1.807) is 14.2 Å². The van der Waals surface area contributed by atoms with Crippen LogP contribution in [-0.4, -0.2) is 20.8 Å². The summed E-state index contributed by atoms with van der Waals surface area (Å²) in [7, 11) is 3.25. The highest BCUT2D eigenvalue weighted by Crippen LogP contribution is 2.39. The summed E-state index contributed by atoms with van der Waals surface area (Å²) >= 11 is 3.54. The van der Waals surface area contributed by atoms with Gasteiger partial charge in [0, 0.05) is 16.6 Å². The van der Waals surface area contributed by atoms with E-state index in [9.17, 15) is 0 Å². The highest BCUT2D eigenvalue weighted by Gasteiger charge is 2.13. The molecule has 16 heavy (non-hydrogen) atoms. The number of methoxy groups -OCH3 is 2. The average Bonchev–Trinajstić information content (AvgIpc) is 2.30. The summed E-state index contributed by atoms with van der Waals surface area (Å²) in [6.07, 6.45) is 3.81. The first-order valence-electron chi connectivity index (χ1n) is 4.93. The molecule has 88 valence electrons. The van der Waals surface area contributed by atoms with Gasteiger partial charge in [-0.15, -0.1) is 0 Å².